The zero-order chi connectivity index (χ0) is 15.3. The summed E-state index contributed by atoms with van der Waals surface area (Å²) < 4.78 is 0. The summed E-state index contributed by atoms with van der Waals surface area (Å²) >= 11 is 6.06. The number of carbonyl (C=O) groups is 1. The van der Waals surface area contributed by atoms with Crippen LogP contribution in [0, 0.1) is 6.92 Å². The number of carbonyl (C=O) groups excluding carboxylic acids is 1. The maximum absolute atomic E-state index is 12.1. The molecule has 2 N–H and O–H groups in total. The van der Waals surface area contributed by atoms with E-state index in [2.05, 4.69) is 5.32 Å². The molecule has 0 saturated heterocycles. The second kappa shape index (κ2) is 7.10. The number of benzene rings is 1. The van der Waals surface area contributed by atoms with Crippen molar-refractivity contribution in [2.75, 3.05) is 6.61 Å². The lowest BCUT2D eigenvalue weighted by Gasteiger charge is -2.36. The summed E-state index contributed by atoms with van der Waals surface area (Å²) in [6.45, 7) is 1.94. The van der Waals surface area contributed by atoms with Crippen molar-refractivity contribution in [2.45, 2.75) is 44.6 Å². The molecule has 1 aliphatic carbocycles. The van der Waals surface area contributed by atoms with Crippen LogP contribution in [-0.4, -0.2) is 23.2 Å². The van der Waals surface area contributed by atoms with Crippen molar-refractivity contribution in [3.63, 3.8) is 0 Å². The van der Waals surface area contributed by atoms with Crippen LogP contribution in [0.2, 0.25) is 5.02 Å². The molecule has 0 aromatic heterocycles. The van der Waals surface area contributed by atoms with Crippen molar-refractivity contribution in [3.05, 3.63) is 40.4 Å². The number of aryl methyl sites for hydroxylation is 1. The van der Waals surface area contributed by atoms with E-state index in [1.807, 2.05) is 25.1 Å². The van der Waals surface area contributed by atoms with Gasteiger partial charge in [-0.25, -0.2) is 0 Å². The topological polar surface area (TPSA) is 49.3 Å². The van der Waals surface area contributed by atoms with E-state index in [-0.39, 0.29) is 12.5 Å². The summed E-state index contributed by atoms with van der Waals surface area (Å²) in [5, 5.41) is 13.2. The van der Waals surface area contributed by atoms with Crippen LogP contribution in [0.25, 0.3) is 6.08 Å². The average Bonchev–Trinajstić information content (AvgIpc) is 2.49. The molecule has 3 nitrogen and oxygen atoms in total. The fraction of sp³-hybridized carbons (Fsp3) is 0.471. The quantitative estimate of drug-likeness (QED) is 0.837. The van der Waals surface area contributed by atoms with Crippen molar-refractivity contribution in [1.82, 2.24) is 5.32 Å². The average molecular weight is 308 g/mol. The van der Waals surface area contributed by atoms with Crippen LogP contribution in [0.1, 0.15) is 43.2 Å². The normalized spacial score (nSPS) is 17.9. The summed E-state index contributed by atoms with van der Waals surface area (Å²) in [6.07, 6.45) is 8.23. The van der Waals surface area contributed by atoms with E-state index in [1.165, 1.54) is 12.5 Å². The third-order valence-corrected chi connectivity index (χ3v) is 4.53. The highest BCUT2D eigenvalue weighted by atomic mass is 35.5. The van der Waals surface area contributed by atoms with Crippen LogP contribution in [0.4, 0.5) is 0 Å². The highest BCUT2D eigenvalue weighted by Gasteiger charge is 2.32. The molecule has 0 bridgehead atoms. The Kier molecular flexibility index (Phi) is 5.43. The van der Waals surface area contributed by atoms with Crippen molar-refractivity contribution in [3.8, 4) is 0 Å². The van der Waals surface area contributed by atoms with Crippen molar-refractivity contribution < 1.29 is 9.90 Å². The third kappa shape index (κ3) is 4.32. The lowest BCUT2D eigenvalue weighted by molar-refractivity contribution is -0.119. The Labute approximate surface area is 131 Å². The monoisotopic (exact) mass is 307 g/mol. The molecule has 114 valence electrons. The Morgan fingerprint density at radius 1 is 1.38 bits per heavy atom. The molecule has 1 fully saturated rings. The van der Waals surface area contributed by atoms with Gasteiger partial charge in [0.2, 0.25) is 5.91 Å². The van der Waals surface area contributed by atoms with Gasteiger partial charge in [0.1, 0.15) is 0 Å². The molecular weight excluding hydrogens is 286 g/mol. The first-order valence-corrected chi connectivity index (χ1v) is 7.80. The van der Waals surface area contributed by atoms with E-state index in [9.17, 15) is 9.90 Å². The Bertz CT molecular complexity index is 534. The van der Waals surface area contributed by atoms with Gasteiger partial charge in [-0.15, -0.1) is 0 Å². The van der Waals surface area contributed by atoms with Gasteiger partial charge in [-0.2, -0.15) is 0 Å². The van der Waals surface area contributed by atoms with Crippen molar-refractivity contribution in [1.29, 1.82) is 0 Å². The van der Waals surface area contributed by atoms with Gasteiger partial charge in [0.15, 0.2) is 0 Å². The molecule has 21 heavy (non-hydrogen) atoms. The van der Waals surface area contributed by atoms with Crippen LogP contribution >= 0.6 is 11.6 Å². The van der Waals surface area contributed by atoms with Gasteiger partial charge in [0.05, 0.1) is 12.1 Å². The van der Waals surface area contributed by atoms with Crippen LogP contribution in [0.15, 0.2) is 24.3 Å². The fourth-order valence-corrected chi connectivity index (χ4v) is 2.93. The molecule has 0 unspecified atom stereocenters. The van der Waals surface area contributed by atoms with E-state index in [1.54, 1.807) is 6.08 Å². The minimum Gasteiger partial charge on any atom is -0.394 e. The molecule has 1 aromatic rings. The Morgan fingerprint density at radius 2 is 2.10 bits per heavy atom. The number of halogens is 1. The molecule has 1 aliphatic rings. The minimum atomic E-state index is -0.440. The van der Waals surface area contributed by atoms with Crippen LogP contribution in [0.3, 0.4) is 0 Å². The molecule has 0 aliphatic heterocycles. The Hall–Kier alpha value is -1.32. The SMILES string of the molecule is Cc1ccc(C=CC(=O)NC2(CO)CCCCC2)cc1Cl. The summed E-state index contributed by atoms with van der Waals surface area (Å²) in [4.78, 5) is 12.1. The van der Waals surface area contributed by atoms with Crippen LogP contribution in [-0.2, 0) is 4.79 Å². The lowest BCUT2D eigenvalue weighted by Crippen LogP contribution is -2.52. The molecule has 0 atom stereocenters. The zero-order valence-electron chi connectivity index (χ0n) is 12.4. The van der Waals surface area contributed by atoms with E-state index in [0.717, 1.165) is 36.8 Å². The summed E-state index contributed by atoms with van der Waals surface area (Å²) in [6, 6.07) is 5.69. The molecular formula is C17H22ClNO2. The molecule has 0 spiro atoms. The van der Waals surface area contributed by atoms with Crippen molar-refractivity contribution in [2.24, 2.45) is 0 Å². The second-order valence-electron chi connectivity index (χ2n) is 5.83. The maximum Gasteiger partial charge on any atom is 0.244 e. The number of aliphatic hydroxyl groups is 1. The molecule has 4 heteroatoms. The minimum absolute atomic E-state index is 0.00292. The first-order valence-electron chi connectivity index (χ1n) is 7.42. The van der Waals surface area contributed by atoms with Gasteiger partial charge in [-0.1, -0.05) is 43.0 Å². The largest absolute Gasteiger partial charge is 0.394 e. The van der Waals surface area contributed by atoms with Gasteiger partial charge in [-0.3, -0.25) is 4.79 Å². The van der Waals surface area contributed by atoms with E-state index < -0.39 is 5.54 Å². The van der Waals surface area contributed by atoms with Gasteiger partial charge in [0, 0.05) is 11.1 Å². The maximum atomic E-state index is 12.1. The number of hydrogen-bond acceptors (Lipinski definition) is 2. The molecule has 0 heterocycles. The van der Waals surface area contributed by atoms with Gasteiger partial charge in [0.25, 0.3) is 0 Å². The number of rotatable bonds is 4. The number of amides is 1. The number of nitrogens with one attached hydrogen (secondary N) is 1. The zero-order valence-corrected chi connectivity index (χ0v) is 13.1. The predicted molar refractivity (Wildman–Crippen MR) is 86.3 cm³/mol. The standard InChI is InChI=1S/C17H22ClNO2/c1-13-5-6-14(11-15(13)18)7-8-16(21)19-17(12-20)9-3-2-4-10-17/h5-8,11,20H,2-4,9-10,12H2,1H3,(H,19,21). The van der Waals surface area contributed by atoms with E-state index >= 15 is 0 Å². The third-order valence-electron chi connectivity index (χ3n) is 4.12. The highest BCUT2D eigenvalue weighted by Crippen LogP contribution is 2.27. The molecule has 1 amide bonds. The number of hydrogen-bond donors (Lipinski definition) is 2. The molecule has 1 aromatic carbocycles. The van der Waals surface area contributed by atoms with Crippen molar-refractivity contribution >= 4 is 23.6 Å². The summed E-state index contributed by atoms with van der Waals surface area (Å²) in [7, 11) is 0. The van der Waals surface area contributed by atoms with Crippen LogP contribution < -0.4 is 5.32 Å². The smallest absolute Gasteiger partial charge is 0.244 e. The highest BCUT2D eigenvalue weighted by molar-refractivity contribution is 6.31. The summed E-state index contributed by atoms with van der Waals surface area (Å²) in [5.74, 6) is -0.164. The van der Waals surface area contributed by atoms with Crippen LogP contribution in [0.5, 0.6) is 0 Å². The first kappa shape index (κ1) is 16.1. The van der Waals surface area contributed by atoms with E-state index in [4.69, 9.17) is 11.6 Å². The van der Waals surface area contributed by atoms with Gasteiger partial charge >= 0.3 is 0 Å². The number of aliphatic hydroxyl groups excluding tert-OH is 1. The lowest BCUT2D eigenvalue weighted by atomic mass is 9.82. The Balaban J connectivity index is 1.99. The van der Waals surface area contributed by atoms with Gasteiger partial charge in [-0.05, 0) is 43.0 Å². The molecule has 1 saturated carbocycles. The molecule has 0 radical (unpaired) electrons. The molecule has 2 rings (SSSR count). The fourth-order valence-electron chi connectivity index (χ4n) is 2.74. The predicted octanol–water partition coefficient (Wildman–Crippen LogP) is 3.47. The van der Waals surface area contributed by atoms with Gasteiger partial charge < -0.3 is 10.4 Å². The second-order valence-corrected chi connectivity index (χ2v) is 6.24. The van der Waals surface area contributed by atoms with E-state index in [0.29, 0.717) is 5.02 Å². The Morgan fingerprint density at radius 3 is 2.71 bits per heavy atom. The first-order chi connectivity index (χ1) is 10.0. The summed E-state index contributed by atoms with van der Waals surface area (Å²) in [5.41, 5.74) is 1.46.